The van der Waals surface area contributed by atoms with Gasteiger partial charge in [-0.05, 0) is 55.6 Å². The van der Waals surface area contributed by atoms with Gasteiger partial charge in [0.2, 0.25) is 5.91 Å². The van der Waals surface area contributed by atoms with E-state index in [9.17, 15) is 9.90 Å². The monoisotopic (exact) mass is 366 g/mol. The van der Waals surface area contributed by atoms with E-state index in [2.05, 4.69) is 34.5 Å². The summed E-state index contributed by atoms with van der Waals surface area (Å²) in [4.78, 5) is 14.9. The van der Waals surface area contributed by atoms with E-state index in [1.54, 1.807) is 12.1 Å². The standard InChI is InChI=1S/C23H30N2O2/c26-21-13-10-19(11-14-21)12-15-23(27)24-18-22(20-8-4-3-5-9-20)25-16-6-1-2-7-17-25/h3-5,8-11,13-14,22,26H,1-2,6-7,12,15-18H2,(H,24,27)/t22-/m1/s1. The molecule has 1 heterocycles. The number of hydrogen-bond acceptors (Lipinski definition) is 3. The van der Waals surface area contributed by atoms with Crippen LogP contribution in [0.25, 0.3) is 0 Å². The third-order valence-corrected chi connectivity index (χ3v) is 5.34. The predicted octanol–water partition coefficient (Wildman–Crippen LogP) is 4.06. The van der Waals surface area contributed by atoms with Gasteiger partial charge in [-0.2, -0.15) is 0 Å². The quantitative estimate of drug-likeness (QED) is 0.777. The van der Waals surface area contributed by atoms with Gasteiger partial charge in [0.25, 0.3) is 0 Å². The van der Waals surface area contributed by atoms with Gasteiger partial charge in [-0.3, -0.25) is 9.69 Å². The van der Waals surface area contributed by atoms with Gasteiger partial charge >= 0.3 is 0 Å². The van der Waals surface area contributed by atoms with Gasteiger partial charge in [-0.1, -0.05) is 55.3 Å². The number of rotatable bonds is 7. The molecular formula is C23H30N2O2. The van der Waals surface area contributed by atoms with Gasteiger partial charge in [0.05, 0.1) is 6.04 Å². The first-order valence-electron chi connectivity index (χ1n) is 10.1. The third-order valence-electron chi connectivity index (χ3n) is 5.34. The molecule has 2 aromatic rings. The fourth-order valence-electron chi connectivity index (χ4n) is 3.76. The molecule has 0 radical (unpaired) electrons. The number of carbonyl (C=O) groups excluding carboxylic acids is 1. The molecule has 0 aromatic heterocycles. The molecule has 1 aliphatic rings. The third kappa shape index (κ3) is 6.10. The number of aryl methyl sites for hydroxylation is 1. The van der Waals surface area contributed by atoms with E-state index in [-0.39, 0.29) is 17.7 Å². The molecule has 144 valence electrons. The average molecular weight is 367 g/mol. The maximum Gasteiger partial charge on any atom is 0.220 e. The maximum absolute atomic E-state index is 12.4. The highest BCUT2D eigenvalue weighted by atomic mass is 16.3. The minimum atomic E-state index is 0.0822. The molecule has 0 spiro atoms. The number of nitrogens with zero attached hydrogens (tertiary/aromatic N) is 1. The van der Waals surface area contributed by atoms with Crippen LogP contribution in [-0.2, 0) is 11.2 Å². The van der Waals surface area contributed by atoms with E-state index in [1.165, 1.54) is 31.2 Å². The van der Waals surface area contributed by atoms with Gasteiger partial charge in [0.1, 0.15) is 5.75 Å². The van der Waals surface area contributed by atoms with Crippen molar-refractivity contribution in [3.63, 3.8) is 0 Å². The fourth-order valence-corrected chi connectivity index (χ4v) is 3.76. The van der Waals surface area contributed by atoms with Gasteiger partial charge < -0.3 is 10.4 Å². The van der Waals surface area contributed by atoms with E-state index in [4.69, 9.17) is 0 Å². The predicted molar refractivity (Wildman–Crippen MR) is 109 cm³/mol. The molecule has 4 heteroatoms. The summed E-state index contributed by atoms with van der Waals surface area (Å²) >= 11 is 0. The Bertz CT molecular complexity index is 692. The number of hydrogen-bond donors (Lipinski definition) is 2. The van der Waals surface area contributed by atoms with Crippen LogP contribution in [0.2, 0.25) is 0 Å². The van der Waals surface area contributed by atoms with Crippen molar-refractivity contribution in [2.45, 2.75) is 44.6 Å². The zero-order valence-corrected chi connectivity index (χ0v) is 15.9. The highest BCUT2D eigenvalue weighted by molar-refractivity contribution is 5.76. The summed E-state index contributed by atoms with van der Waals surface area (Å²) in [5.74, 6) is 0.338. The highest BCUT2D eigenvalue weighted by Gasteiger charge is 2.21. The first kappa shape index (κ1) is 19.4. The Kier molecular flexibility index (Phi) is 7.28. The van der Waals surface area contributed by atoms with Crippen molar-refractivity contribution in [2.24, 2.45) is 0 Å². The Morgan fingerprint density at radius 3 is 2.30 bits per heavy atom. The minimum Gasteiger partial charge on any atom is -0.508 e. The van der Waals surface area contributed by atoms with Crippen molar-refractivity contribution >= 4 is 5.91 Å². The van der Waals surface area contributed by atoms with Crippen LogP contribution < -0.4 is 5.32 Å². The van der Waals surface area contributed by atoms with Crippen molar-refractivity contribution in [3.05, 3.63) is 65.7 Å². The van der Waals surface area contributed by atoms with Crippen LogP contribution in [0.4, 0.5) is 0 Å². The second-order valence-electron chi connectivity index (χ2n) is 7.35. The number of likely N-dealkylation sites (tertiary alicyclic amines) is 1. The molecule has 1 atom stereocenters. The normalized spacial score (nSPS) is 16.4. The summed E-state index contributed by atoms with van der Waals surface area (Å²) in [5.41, 5.74) is 2.34. The lowest BCUT2D eigenvalue weighted by Crippen LogP contribution is -2.38. The van der Waals surface area contributed by atoms with Crippen LogP contribution in [-0.4, -0.2) is 35.5 Å². The number of amides is 1. The van der Waals surface area contributed by atoms with Gasteiger partial charge in [0, 0.05) is 13.0 Å². The maximum atomic E-state index is 12.4. The first-order chi connectivity index (χ1) is 13.2. The molecule has 1 fully saturated rings. The van der Waals surface area contributed by atoms with Crippen LogP contribution in [0.5, 0.6) is 5.75 Å². The molecule has 4 nitrogen and oxygen atoms in total. The Morgan fingerprint density at radius 2 is 1.63 bits per heavy atom. The SMILES string of the molecule is O=C(CCc1ccc(O)cc1)NC[C@H](c1ccccc1)N1CCCCCC1. The van der Waals surface area contributed by atoms with Crippen LogP contribution in [0.15, 0.2) is 54.6 Å². The summed E-state index contributed by atoms with van der Waals surface area (Å²) in [6, 6.07) is 17.8. The van der Waals surface area contributed by atoms with Gasteiger partial charge in [0.15, 0.2) is 0 Å². The molecule has 2 aromatic carbocycles. The number of nitrogens with one attached hydrogen (secondary N) is 1. The number of phenolic OH excluding ortho intramolecular Hbond substituents is 1. The Labute approximate surface area is 162 Å². The second kappa shape index (κ2) is 10.1. The van der Waals surface area contributed by atoms with E-state index in [0.29, 0.717) is 19.4 Å². The molecule has 0 bridgehead atoms. The van der Waals surface area contributed by atoms with E-state index in [1.807, 2.05) is 18.2 Å². The molecule has 0 aliphatic carbocycles. The van der Waals surface area contributed by atoms with Crippen LogP contribution in [0.3, 0.4) is 0 Å². The average Bonchev–Trinajstić information content (AvgIpc) is 2.98. The van der Waals surface area contributed by atoms with E-state index in [0.717, 1.165) is 18.7 Å². The Morgan fingerprint density at radius 1 is 0.963 bits per heavy atom. The van der Waals surface area contributed by atoms with Gasteiger partial charge in [-0.25, -0.2) is 0 Å². The Hall–Kier alpha value is -2.33. The van der Waals surface area contributed by atoms with E-state index < -0.39 is 0 Å². The summed E-state index contributed by atoms with van der Waals surface area (Å²) in [6.45, 7) is 2.85. The molecule has 1 aliphatic heterocycles. The van der Waals surface area contributed by atoms with Crippen molar-refractivity contribution in [2.75, 3.05) is 19.6 Å². The second-order valence-corrected chi connectivity index (χ2v) is 7.35. The molecule has 0 saturated carbocycles. The molecule has 27 heavy (non-hydrogen) atoms. The number of carbonyl (C=O) groups is 1. The van der Waals surface area contributed by atoms with Crippen molar-refractivity contribution in [1.82, 2.24) is 10.2 Å². The lowest BCUT2D eigenvalue weighted by Gasteiger charge is -2.31. The number of benzene rings is 2. The molecule has 1 amide bonds. The molecular weight excluding hydrogens is 336 g/mol. The summed E-state index contributed by atoms with van der Waals surface area (Å²) in [7, 11) is 0. The summed E-state index contributed by atoms with van der Waals surface area (Å²) in [5, 5.41) is 12.5. The molecule has 2 N–H and O–H groups in total. The first-order valence-corrected chi connectivity index (χ1v) is 10.1. The van der Waals surface area contributed by atoms with Gasteiger partial charge in [-0.15, -0.1) is 0 Å². The summed E-state index contributed by atoms with van der Waals surface area (Å²) < 4.78 is 0. The zero-order valence-electron chi connectivity index (χ0n) is 15.9. The van der Waals surface area contributed by atoms with Crippen LogP contribution >= 0.6 is 0 Å². The van der Waals surface area contributed by atoms with Crippen LogP contribution in [0, 0.1) is 0 Å². The lowest BCUT2D eigenvalue weighted by atomic mass is 10.0. The highest BCUT2D eigenvalue weighted by Crippen LogP contribution is 2.23. The number of aromatic hydroxyl groups is 1. The van der Waals surface area contributed by atoms with Crippen molar-refractivity contribution in [3.8, 4) is 5.75 Å². The number of phenols is 1. The Balaban J connectivity index is 1.56. The molecule has 1 saturated heterocycles. The largest absolute Gasteiger partial charge is 0.508 e. The van der Waals surface area contributed by atoms with Crippen LogP contribution in [0.1, 0.15) is 49.3 Å². The van der Waals surface area contributed by atoms with E-state index >= 15 is 0 Å². The fraction of sp³-hybridized carbons (Fsp3) is 0.435. The smallest absolute Gasteiger partial charge is 0.220 e. The van der Waals surface area contributed by atoms with Crippen molar-refractivity contribution in [1.29, 1.82) is 0 Å². The topological polar surface area (TPSA) is 52.6 Å². The molecule has 3 rings (SSSR count). The lowest BCUT2D eigenvalue weighted by molar-refractivity contribution is -0.121. The van der Waals surface area contributed by atoms with Crippen molar-refractivity contribution < 1.29 is 9.90 Å². The summed E-state index contributed by atoms with van der Waals surface area (Å²) in [6.07, 6.45) is 6.22. The minimum absolute atomic E-state index is 0.0822. The zero-order chi connectivity index (χ0) is 18.9. The molecule has 0 unspecified atom stereocenters.